The Morgan fingerprint density at radius 3 is 2.60 bits per heavy atom. The van der Waals surface area contributed by atoms with Crippen LogP contribution in [0, 0.1) is 6.92 Å². The molecule has 100 valence electrons. The number of benzene rings is 1. The summed E-state index contributed by atoms with van der Waals surface area (Å²) in [6.45, 7) is 1.81. The highest BCUT2D eigenvalue weighted by atomic mass is 79.9. The summed E-state index contributed by atoms with van der Waals surface area (Å²) in [5.74, 6) is 0.634. The van der Waals surface area contributed by atoms with E-state index in [1.807, 2.05) is 37.3 Å². The summed E-state index contributed by atoms with van der Waals surface area (Å²) in [4.78, 5) is 11.4. The van der Waals surface area contributed by atoms with Gasteiger partial charge >= 0.3 is 0 Å². The monoisotopic (exact) mass is 330 g/mol. The Morgan fingerprint density at radius 1 is 1.25 bits per heavy atom. The zero-order chi connectivity index (χ0) is 14.1. The van der Waals surface area contributed by atoms with Crippen LogP contribution in [-0.4, -0.2) is 25.8 Å². The van der Waals surface area contributed by atoms with Gasteiger partial charge in [0.05, 0.1) is 27.6 Å². The second-order valence-electron chi connectivity index (χ2n) is 4.29. The molecule has 0 aliphatic rings. The highest BCUT2D eigenvalue weighted by Gasteiger charge is 2.18. The van der Waals surface area contributed by atoms with Crippen LogP contribution >= 0.6 is 15.9 Å². The molecule has 0 bridgehead atoms. The van der Waals surface area contributed by atoms with Gasteiger partial charge in [0.1, 0.15) is 0 Å². The molecule has 0 unspecified atom stereocenters. The van der Waals surface area contributed by atoms with E-state index < -0.39 is 0 Å². The van der Waals surface area contributed by atoms with Gasteiger partial charge in [0.2, 0.25) is 0 Å². The topological polar surface area (TPSA) is 52.7 Å². The van der Waals surface area contributed by atoms with Crippen LogP contribution in [0.3, 0.4) is 0 Å². The number of rotatable bonds is 3. The maximum absolute atomic E-state index is 11.4. The fourth-order valence-corrected chi connectivity index (χ4v) is 2.34. The Hall–Kier alpha value is -2.21. The van der Waals surface area contributed by atoms with Crippen molar-refractivity contribution in [3.63, 3.8) is 0 Å². The summed E-state index contributed by atoms with van der Waals surface area (Å²) in [5, 5.41) is 8.69. The molecule has 0 aliphatic heterocycles. The molecule has 0 spiro atoms. The van der Waals surface area contributed by atoms with Crippen molar-refractivity contribution in [2.45, 2.75) is 6.92 Å². The molecule has 0 radical (unpaired) electrons. The molecule has 0 atom stereocenters. The second kappa shape index (κ2) is 5.05. The predicted octanol–water partition coefficient (Wildman–Crippen LogP) is 2.94. The quantitative estimate of drug-likeness (QED) is 0.694. The van der Waals surface area contributed by atoms with Crippen molar-refractivity contribution in [1.29, 1.82) is 0 Å². The van der Waals surface area contributed by atoms with Crippen molar-refractivity contribution in [2.75, 3.05) is 0 Å². The van der Waals surface area contributed by atoms with E-state index in [9.17, 15) is 4.79 Å². The van der Waals surface area contributed by atoms with Gasteiger partial charge in [-0.2, -0.15) is 10.2 Å². The second-order valence-corrected chi connectivity index (χ2v) is 5.21. The molecule has 6 heteroatoms. The number of carbonyl (C=O) groups is 1. The highest BCUT2D eigenvalue weighted by Crippen LogP contribution is 2.22. The fraction of sp³-hybridized carbons (Fsp3) is 0.0714. The van der Waals surface area contributed by atoms with Gasteiger partial charge in [-0.25, -0.2) is 9.36 Å². The van der Waals surface area contributed by atoms with Crippen molar-refractivity contribution < 1.29 is 4.79 Å². The fourth-order valence-electron chi connectivity index (χ4n) is 2.05. The molecule has 0 fully saturated rings. The minimum Gasteiger partial charge on any atom is -0.298 e. The molecule has 3 rings (SSSR count). The Labute approximate surface area is 124 Å². The lowest BCUT2D eigenvalue weighted by Crippen LogP contribution is -2.07. The number of nitrogens with zero attached hydrogens (tertiary/aromatic N) is 4. The van der Waals surface area contributed by atoms with Gasteiger partial charge in [-0.05, 0) is 35.0 Å². The lowest BCUT2D eigenvalue weighted by atomic mass is 10.2. The predicted molar refractivity (Wildman–Crippen MR) is 78.5 cm³/mol. The number of hydrogen-bond donors (Lipinski definition) is 0. The van der Waals surface area contributed by atoms with Crippen LogP contribution < -0.4 is 0 Å². The first-order valence-corrected chi connectivity index (χ1v) is 6.81. The zero-order valence-corrected chi connectivity index (χ0v) is 12.3. The summed E-state index contributed by atoms with van der Waals surface area (Å²) >= 11 is 3.36. The summed E-state index contributed by atoms with van der Waals surface area (Å²) in [5.41, 5.74) is 2.08. The maximum Gasteiger partial charge on any atom is 0.167 e. The van der Waals surface area contributed by atoms with E-state index in [0.717, 1.165) is 16.4 Å². The van der Waals surface area contributed by atoms with E-state index in [2.05, 4.69) is 26.1 Å². The van der Waals surface area contributed by atoms with Crippen LogP contribution in [0.4, 0.5) is 0 Å². The van der Waals surface area contributed by atoms with Crippen LogP contribution in [0.1, 0.15) is 16.1 Å². The third kappa shape index (κ3) is 2.08. The Kier molecular flexibility index (Phi) is 3.23. The van der Waals surface area contributed by atoms with E-state index >= 15 is 0 Å². The minimum absolute atomic E-state index is 0.532. The van der Waals surface area contributed by atoms with Crippen LogP contribution in [0.25, 0.3) is 11.5 Å². The molecule has 0 aliphatic carbocycles. The third-order valence-electron chi connectivity index (χ3n) is 2.97. The van der Waals surface area contributed by atoms with Gasteiger partial charge in [-0.15, -0.1) is 0 Å². The first-order chi connectivity index (χ1) is 9.70. The maximum atomic E-state index is 11.4. The Balaban J connectivity index is 2.28. The minimum atomic E-state index is 0.532. The SMILES string of the molecule is Cc1nn(-c2ccccc2)c(-n2cc(Br)cn2)c1C=O. The number of hydrogen-bond acceptors (Lipinski definition) is 3. The molecule has 0 amide bonds. The van der Waals surface area contributed by atoms with Crippen molar-refractivity contribution in [3.8, 4) is 11.5 Å². The van der Waals surface area contributed by atoms with Crippen LogP contribution in [0.15, 0.2) is 47.2 Å². The summed E-state index contributed by atoms with van der Waals surface area (Å²) < 4.78 is 4.20. The van der Waals surface area contributed by atoms with E-state index in [4.69, 9.17) is 0 Å². The number of aryl methyl sites for hydroxylation is 1. The lowest BCUT2D eigenvalue weighted by molar-refractivity contribution is 0.112. The summed E-state index contributed by atoms with van der Waals surface area (Å²) in [6, 6.07) is 9.65. The molecular weight excluding hydrogens is 320 g/mol. The van der Waals surface area contributed by atoms with E-state index in [0.29, 0.717) is 17.1 Å². The van der Waals surface area contributed by atoms with Gasteiger partial charge in [-0.3, -0.25) is 4.79 Å². The number of carbonyl (C=O) groups excluding carboxylic acids is 1. The Morgan fingerprint density at radius 2 is 2.00 bits per heavy atom. The van der Waals surface area contributed by atoms with Gasteiger partial charge in [-0.1, -0.05) is 18.2 Å². The van der Waals surface area contributed by atoms with Crippen molar-refractivity contribution in [2.24, 2.45) is 0 Å². The smallest absolute Gasteiger partial charge is 0.167 e. The average molecular weight is 331 g/mol. The number of aldehydes is 1. The molecule has 3 aromatic rings. The summed E-state index contributed by atoms with van der Waals surface area (Å²) in [6.07, 6.45) is 4.28. The highest BCUT2D eigenvalue weighted by molar-refractivity contribution is 9.10. The van der Waals surface area contributed by atoms with Gasteiger partial charge in [0.25, 0.3) is 0 Å². The molecular formula is C14H11BrN4O. The van der Waals surface area contributed by atoms with Crippen LogP contribution in [0.2, 0.25) is 0 Å². The van der Waals surface area contributed by atoms with Crippen molar-refractivity contribution in [1.82, 2.24) is 19.6 Å². The van der Waals surface area contributed by atoms with Crippen molar-refractivity contribution >= 4 is 22.2 Å². The standard InChI is InChI=1S/C14H11BrN4O/c1-10-13(9-20)14(18-8-11(15)7-16-18)19(17-10)12-5-3-2-4-6-12/h2-9H,1H3. The molecule has 20 heavy (non-hydrogen) atoms. The van der Waals surface area contributed by atoms with Gasteiger partial charge < -0.3 is 0 Å². The Bertz CT molecular complexity index is 761. The van der Waals surface area contributed by atoms with E-state index in [1.165, 1.54) is 0 Å². The van der Waals surface area contributed by atoms with Crippen LogP contribution in [0.5, 0.6) is 0 Å². The molecule has 0 N–H and O–H groups in total. The van der Waals surface area contributed by atoms with Gasteiger partial charge in [0.15, 0.2) is 12.1 Å². The first-order valence-electron chi connectivity index (χ1n) is 6.01. The normalized spacial score (nSPS) is 10.7. The average Bonchev–Trinajstić information content (AvgIpc) is 3.03. The molecule has 2 heterocycles. The molecule has 0 saturated carbocycles. The third-order valence-corrected chi connectivity index (χ3v) is 3.38. The van der Waals surface area contributed by atoms with Gasteiger partial charge in [0, 0.05) is 6.20 Å². The summed E-state index contributed by atoms with van der Waals surface area (Å²) in [7, 11) is 0. The largest absolute Gasteiger partial charge is 0.298 e. The van der Waals surface area contributed by atoms with E-state index in [1.54, 1.807) is 21.8 Å². The van der Waals surface area contributed by atoms with Crippen molar-refractivity contribution in [3.05, 3.63) is 58.5 Å². The molecule has 5 nitrogen and oxygen atoms in total. The number of halogens is 1. The number of aromatic nitrogens is 4. The van der Waals surface area contributed by atoms with E-state index in [-0.39, 0.29) is 0 Å². The zero-order valence-electron chi connectivity index (χ0n) is 10.7. The number of para-hydroxylation sites is 1. The molecule has 2 aromatic heterocycles. The molecule has 0 saturated heterocycles. The molecule has 1 aromatic carbocycles. The lowest BCUT2D eigenvalue weighted by Gasteiger charge is -2.07. The van der Waals surface area contributed by atoms with Crippen LogP contribution in [-0.2, 0) is 0 Å². The first kappa shape index (κ1) is 12.8.